The summed E-state index contributed by atoms with van der Waals surface area (Å²) in [5.41, 5.74) is 8.98. The monoisotopic (exact) mass is 258 g/mol. The van der Waals surface area contributed by atoms with E-state index in [2.05, 4.69) is 41.3 Å². The molecular weight excluding hydrogens is 244 g/mol. The van der Waals surface area contributed by atoms with Crippen LogP contribution in [0.25, 0.3) is 16.2 Å². The lowest BCUT2D eigenvalue weighted by Gasteiger charge is -1.98. The van der Waals surface area contributed by atoms with E-state index in [0.29, 0.717) is 6.54 Å². The van der Waals surface area contributed by atoms with Gasteiger partial charge in [0.2, 0.25) is 4.96 Å². The van der Waals surface area contributed by atoms with Crippen molar-refractivity contribution in [3.63, 3.8) is 0 Å². The molecule has 5 heteroatoms. The molecule has 1 aromatic carbocycles. The molecule has 0 spiro atoms. The molecule has 0 radical (unpaired) electrons. The number of fused-ring (bicyclic) bond motifs is 1. The Kier molecular flexibility index (Phi) is 2.85. The van der Waals surface area contributed by atoms with E-state index >= 15 is 0 Å². The van der Waals surface area contributed by atoms with Crippen LogP contribution in [0.15, 0.2) is 30.5 Å². The third kappa shape index (κ3) is 1.91. The van der Waals surface area contributed by atoms with Crippen molar-refractivity contribution >= 4 is 16.3 Å². The van der Waals surface area contributed by atoms with Crippen LogP contribution in [0, 0.1) is 0 Å². The topological polar surface area (TPSA) is 56.2 Å². The Balaban J connectivity index is 1.99. The van der Waals surface area contributed by atoms with E-state index in [4.69, 9.17) is 5.73 Å². The van der Waals surface area contributed by atoms with Gasteiger partial charge in [0.05, 0.1) is 11.9 Å². The SMILES string of the molecule is CCc1ccc(-c2cn3nc(CN)sc3n2)cc1. The van der Waals surface area contributed by atoms with Crippen molar-refractivity contribution in [1.29, 1.82) is 0 Å². The largest absolute Gasteiger partial charge is 0.324 e. The van der Waals surface area contributed by atoms with Crippen LogP contribution in [-0.2, 0) is 13.0 Å². The quantitative estimate of drug-likeness (QED) is 0.785. The van der Waals surface area contributed by atoms with Gasteiger partial charge >= 0.3 is 0 Å². The molecule has 0 fully saturated rings. The highest BCUT2D eigenvalue weighted by Crippen LogP contribution is 2.22. The maximum absolute atomic E-state index is 5.56. The van der Waals surface area contributed by atoms with Crippen LogP contribution in [0.5, 0.6) is 0 Å². The van der Waals surface area contributed by atoms with Crippen molar-refractivity contribution in [1.82, 2.24) is 14.6 Å². The molecule has 3 aromatic rings. The van der Waals surface area contributed by atoms with E-state index in [0.717, 1.165) is 27.6 Å². The first-order valence-electron chi connectivity index (χ1n) is 5.94. The highest BCUT2D eigenvalue weighted by Gasteiger charge is 2.08. The Morgan fingerprint density at radius 2 is 2.06 bits per heavy atom. The minimum Gasteiger partial charge on any atom is -0.324 e. The van der Waals surface area contributed by atoms with Crippen LogP contribution in [0.3, 0.4) is 0 Å². The molecule has 2 heterocycles. The first kappa shape index (κ1) is 11.4. The Morgan fingerprint density at radius 3 is 2.67 bits per heavy atom. The van der Waals surface area contributed by atoms with Gasteiger partial charge in [0, 0.05) is 12.1 Å². The fraction of sp³-hybridized carbons (Fsp3) is 0.231. The summed E-state index contributed by atoms with van der Waals surface area (Å²) >= 11 is 1.54. The number of aromatic nitrogens is 3. The number of aryl methyl sites for hydroxylation is 1. The molecule has 92 valence electrons. The zero-order valence-electron chi connectivity index (χ0n) is 10.1. The van der Waals surface area contributed by atoms with E-state index in [1.165, 1.54) is 16.9 Å². The molecule has 0 saturated carbocycles. The first-order valence-corrected chi connectivity index (χ1v) is 6.76. The first-order chi connectivity index (χ1) is 8.80. The van der Waals surface area contributed by atoms with Crippen molar-refractivity contribution in [2.24, 2.45) is 5.73 Å². The van der Waals surface area contributed by atoms with Gasteiger partial charge in [-0.05, 0) is 12.0 Å². The predicted octanol–water partition coefficient (Wildman–Crippen LogP) is 2.48. The predicted molar refractivity (Wildman–Crippen MR) is 73.6 cm³/mol. The zero-order valence-corrected chi connectivity index (χ0v) is 10.9. The number of hydrogen-bond acceptors (Lipinski definition) is 4. The Bertz CT molecular complexity index is 634. The van der Waals surface area contributed by atoms with Gasteiger partial charge < -0.3 is 5.73 Å². The molecule has 2 aromatic heterocycles. The van der Waals surface area contributed by atoms with Crippen molar-refractivity contribution in [3.8, 4) is 11.3 Å². The average Bonchev–Trinajstić information content (AvgIpc) is 2.96. The number of benzene rings is 1. The second-order valence-corrected chi connectivity index (χ2v) is 5.14. The number of hydrogen-bond donors (Lipinski definition) is 1. The molecule has 0 aliphatic heterocycles. The summed E-state index contributed by atoms with van der Waals surface area (Å²) in [6.07, 6.45) is 3.01. The fourth-order valence-corrected chi connectivity index (χ4v) is 2.63. The molecule has 0 bridgehead atoms. The zero-order chi connectivity index (χ0) is 12.5. The van der Waals surface area contributed by atoms with E-state index in [1.807, 2.05) is 6.20 Å². The van der Waals surface area contributed by atoms with Gasteiger partial charge in [0.1, 0.15) is 5.01 Å². The number of nitrogens with zero attached hydrogens (tertiary/aromatic N) is 3. The Hall–Kier alpha value is -1.72. The van der Waals surface area contributed by atoms with Gasteiger partial charge in [-0.15, -0.1) is 0 Å². The smallest absolute Gasteiger partial charge is 0.212 e. The second kappa shape index (κ2) is 4.51. The molecule has 0 atom stereocenters. The van der Waals surface area contributed by atoms with Gasteiger partial charge in [0.15, 0.2) is 0 Å². The van der Waals surface area contributed by atoms with Crippen molar-refractivity contribution in [2.45, 2.75) is 19.9 Å². The van der Waals surface area contributed by atoms with Crippen LogP contribution in [0.2, 0.25) is 0 Å². The van der Waals surface area contributed by atoms with E-state index in [9.17, 15) is 0 Å². The lowest BCUT2D eigenvalue weighted by molar-refractivity contribution is 0.897. The van der Waals surface area contributed by atoms with Crippen molar-refractivity contribution < 1.29 is 0 Å². The highest BCUT2D eigenvalue weighted by atomic mass is 32.1. The van der Waals surface area contributed by atoms with Gasteiger partial charge in [0.25, 0.3) is 0 Å². The maximum Gasteiger partial charge on any atom is 0.212 e. The maximum atomic E-state index is 5.56. The lowest BCUT2D eigenvalue weighted by atomic mass is 10.1. The van der Waals surface area contributed by atoms with Gasteiger partial charge in [-0.2, -0.15) is 5.10 Å². The molecule has 0 aliphatic rings. The number of imidazole rings is 1. The molecule has 4 nitrogen and oxygen atoms in total. The average molecular weight is 258 g/mol. The summed E-state index contributed by atoms with van der Waals surface area (Å²) in [5.74, 6) is 0. The highest BCUT2D eigenvalue weighted by molar-refractivity contribution is 7.16. The van der Waals surface area contributed by atoms with Crippen molar-refractivity contribution in [3.05, 3.63) is 41.0 Å². The molecule has 0 aliphatic carbocycles. The molecular formula is C13H14N4S. The summed E-state index contributed by atoms with van der Waals surface area (Å²) in [7, 11) is 0. The Morgan fingerprint density at radius 1 is 1.28 bits per heavy atom. The second-order valence-electron chi connectivity index (χ2n) is 4.10. The minimum atomic E-state index is 0.467. The van der Waals surface area contributed by atoms with Crippen LogP contribution >= 0.6 is 11.3 Å². The van der Waals surface area contributed by atoms with Crippen LogP contribution in [0.1, 0.15) is 17.5 Å². The van der Waals surface area contributed by atoms with Gasteiger partial charge in [-0.25, -0.2) is 9.50 Å². The normalized spacial score (nSPS) is 11.2. The van der Waals surface area contributed by atoms with Crippen LogP contribution in [-0.4, -0.2) is 14.6 Å². The van der Waals surface area contributed by atoms with E-state index in [1.54, 1.807) is 4.52 Å². The molecule has 0 unspecified atom stereocenters. The molecule has 18 heavy (non-hydrogen) atoms. The van der Waals surface area contributed by atoms with E-state index < -0.39 is 0 Å². The van der Waals surface area contributed by atoms with Gasteiger partial charge in [-0.1, -0.05) is 42.5 Å². The van der Waals surface area contributed by atoms with Gasteiger partial charge in [-0.3, -0.25) is 0 Å². The summed E-state index contributed by atoms with van der Waals surface area (Å²) in [6, 6.07) is 8.49. The third-order valence-corrected chi connectivity index (χ3v) is 3.86. The fourth-order valence-electron chi connectivity index (χ4n) is 1.87. The summed E-state index contributed by atoms with van der Waals surface area (Å²) in [4.78, 5) is 5.46. The molecule has 3 rings (SSSR count). The molecule has 0 saturated heterocycles. The number of nitrogens with two attached hydrogens (primary N) is 1. The lowest BCUT2D eigenvalue weighted by Crippen LogP contribution is -1.95. The third-order valence-electron chi connectivity index (χ3n) is 2.92. The van der Waals surface area contributed by atoms with Crippen LogP contribution in [0.4, 0.5) is 0 Å². The summed E-state index contributed by atoms with van der Waals surface area (Å²) in [6.45, 7) is 2.62. The van der Waals surface area contributed by atoms with Crippen LogP contribution < -0.4 is 5.73 Å². The summed E-state index contributed by atoms with van der Waals surface area (Å²) in [5, 5.41) is 5.27. The summed E-state index contributed by atoms with van der Waals surface area (Å²) < 4.78 is 1.80. The van der Waals surface area contributed by atoms with Crippen molar-refractivity contribution in [2.75, 3.05) is 0 Å². The minimum absolute atomic E-state index is 0.467. The number of rotatable bonds is 3. The molecule has 2 N–H and O–H groups in total. The Labute approximate surface area is 109 Å². The molecule has 0 amide bonds. The standard InChI is InChI=1S/C13H14N4S/c1-2-9-3-5-10(6-4-9)11-8-17-13(15-11)18-12(7-14)16-17/h3-6,8H,2,7,14H2,1H3. The van der Waals surface area contributed by atoms with E-state index in [-0.39, 0.29) is 0 Å².